The van der Waals surface area contributed by atoms with Crippen LogP contribution in [0.25, 0.3) is 55.5 Å². The lowest BCUT2D eigenvalue weighted by molar-refractivity contribution is 0.909. The summed E-state index contributed by atoms with van der Waals surface area (Å²) in [4.78, 5) is 10.1. The Morgan fingerprint density at radius 1 is 0.667 bits per heavy atom. The SMILES string of the molecule is C/C=C(\C=C/C=NC1c2ccccc2-c2ccccc21)c1cccc(-c2cccc(-n3c4ccccc4c4ccccc43)c2)n1. The number of pyridine rings is 1. The highest BCUT2D eigenvalue weighted by molar-refractivity contribution is 6.09. The third-order valence-corrected chi connectivity index (χ3v) is 8.73. The quantitative estimate of drug-likeness (QED) is 0.143. The van der Waals surface area contributed by atoms with Gasteiger partial charge < -0.3 is 4.57 Å². The van der Waals surface area contributed by atoms with Gasteiger partial charge in [0.2, 0.25) is 0 Å². The molecule has 1 aliphatic rings. The number of nitrogens with zero attached hydrogens (tertiary/aromatic N) is 3. The zero-order chi connectivity index (χ0) is 30.2. The predicted molar refractivity (Wildman–Crippen MR) is 189 cm³/mol. The molecule has 3 heteroatoms. The van der Waals surface area contributed by atoms with Crippen molar-refractivity contribution < 1.29 is 0 Å². The van der Waals surface area contributed by atoms with E-state index in [1.54, 1.807) is 0 Å². The van der Waals surface area contributed by atoms with Gasteiger partial charge >= 0.3 is 0 Å². The molecule has 0 unspecified atom stereocenters. The second-order valence-electron chi connectivity index (χ2n) is 11.3. The number of allylic oxidation sites excluding steroid dienone is 4. The largest absolute Gasteiger partial charge is 0.309 e. The van der Waals surface area contributed by atoms with E-state index < -0.39 is 0 Å². The Bertz CT molecular complexity index is 2200. The molecule has 0 atom stereocenters. The second kappa shape index (κ2) is 11.4. The highest BCUT2D eigenvalue weighted by atomic mass is 15.0. The summed E-state index contributed by atoms with van der Waals surface area (Å²) in [6.07, 6.45) is 8.14. The molecule has 3 nitrogen and oxygen atoms in total. The topological polar surface area (TPSA) is 30.2 Å². The molecule has 0 aliphatic heterocycles. The van der Waals surface area contributed by atoms with Gasteiger partial charge in [0.05, 0.1) is 22.4 Å². The van der Waals surface area contributed by atoms with Gasteiger partial charge in [-0.25, -0.2) is 4.98 Å². The first-order valence-corrected chi connectivity index (χ1v) is 15.4. The van der Waals surface area contributed by atoms with Crippen LogP contribution in [0, 0.1) is 0 Å². The number of aromatic nitrogens is 2. The van der Waals surface area contributed by atoms with Crippen molar-refractivity contribution in [3.63, 3.8) is 0 Å². The van der Waals surface area contributed by atoms with E-state index in [0.717, 1.165) is 28.2 Å². The minimum absolute atomic E-state index is 0.0133. The zero-order valence-corrected chi connectivity index (χ0v) is 25.0. The highest BCUT2D eigenvalue weighted by Crippen LogP contribution is 2.45. The van der Waals surface area contributed by atoms with E-state index in [9.17, 15) is 0 Å². The second-order valence-corrected chi connectivity index (χ2v) is 11.3. The molecule has 1 aliphatic carbocycles. The van der Waals surface area contributed by atoms with E-state index in [1.807, 2.05) is 12.3 Å². The number of para-hydroxylation sites is 2. The molecular weight excluding hydrogens is 546 g/mol. The summed E-state index contributed by atoms with van der Waals surface area (Å²) in [6.45, 7) is 2.05. The molecule has 7 aromatic rings. The maximum absolute atomic E-state index is 5.10. The van der Waals surface area contributed by atoms with Crippen LogP contribution < -0.4 is 0 Å². The maximum Gasteiger partial charge on any atom is 0.101 e. The van der Waals surface area contributed by atoms with Crippen molar-refractivity contribution in [2.75, 3.05) is 0 Å². The maximum atomic E-state index is 5.10. The highest BCUT2D eigenvalue weighted by Gasteiger charge is 2.26. The monoisotopic (exact) mass is 577 g/mol. The fraction of sp³-hybridized carbons (Fsp3) is 0.0476. The van der Waals surface area contributed by atoms with Gasteiger partial charge in [-0.1, -0.05) is 115 Å². The van der Waals surface area contributed by atoms with Crippen molar-refractivity contribution in [2.24, 2.45) is 4.99 Å². The summed E-state index contributed by atoms with van der Waals surface area (Å²) >= 11 is 0. The lowest BCUT2D eigenvalue weighted by Gasteiger charge is -2.11. The standard InChI is InChI=1S/C42H31N3/c1-2-29(15-13-27-43-42-36-21-5-3-17-32(36)33-18-4-6-22-37(33)42)38-23-12-24-39(44-38)30-14-11-16-31(28-30)45-40-25-9-7-19-34(40)35-20-8-10-26-41(35)45/h2-28,42H,1H3/b15-13-,29-2+,43-27?. The van der Waals surface area contributed by atoms with Crippen molar-refractivity contribution in [3.8, 4) is 28.1 Å². The molecule has 45 heavy (non-hydrogen) atoms. The Balaban J connectivity index is 1.09. The average Bonchev–Trinajstić information content (AvgIpc) is 3.61. The first-order chi connectivity index (χ1) is 22.3. The van der Waals surface area contributed by atoms with Crippen LogP contribution in [0.5, 0.6) is 0 Å². The van der Waals surface area contributed by atoms with Gasteiger partial charge in [-0.05, 0) is 77.2 Å². The first kappa shape index (κ1) is 26.8. The Morgan fingerprint density at radius 2 is 1.29 bits per heavy atom. The number of hydrogen-bond donors (Lipinski definition) is 0. The van der Waals surface area contributed by atoms with E-state index in [-0.39, 0.29) is 6.04 Å². The fourth-order valence-corrected chi connectivity index (χ4v) is 6.66. The molecule has 2 heterocycles. The molecule has 2 aromatic heterocycles. The predicted octanol–water partition coefficient (Wildman–Crippen LogP) is 10.6. The van der Waals surface area contributed by atoms with Crippen molar-refractivity contribution in [2.45, 2.75) is 13.0 Å². The number of benzene rings is 5. The van der Waals surface area contributed by atoms with Gasteiger partial charge in [0.1, 0.15) is 6.04 Å². The van der Waals surface area contributed by atoms with Crippen LogP contribution in [0.2, 0.25) is 0 Å². The Labute approximate surface area is 263 Å². The summed E-state index contributed by atoms with van der Waals surface area (Å²) in [5, 5.41) is 2.51. The molecule has 0 saturated carbocycles. The number of rotatable bonds is 6. The zero-order valence-electron chi connectivity index (χ0n) is 25.0. The van der Waals surface area contributed by atoms with Crippen LogP contribution in [-0.4, -0.2) is 15.8 Å². The third-order valence-electron chi connectivity index (χ3n) is 8.73. The van der Waals surface area contributed by atoms with E-state index in [1.165, 1.54) is 44.1 Å². The Kier molecular flexibility index (Phi) is 6.77. The molecule has 0 amide bonds. The van der Waals surface area contributed by atoms with Crippen molar-refractivity contribution in [1.29, 1.82) is 0 Å². The van der Waals surface area contributed by atoms with E-state index >= 15 is 0 Å². The molecule has 0 radical (unpaired) electrons. The normalized spacial score (nSPS) is 13.3. The van der Waals surface area contributed by atoms with Gasteiger partial charge in [-0.15, -0.1) is 0 Å². The van der Waals surface area contributed by atoms with Crippen LogP contribution in [0.15, 0.2) is 163 Å². The van der Waals surface area contributed by atoms with Gasteiger partial charge in [-0.3, -0.25) is 4.99 Å². The number of aliphatic imine (C=N–C) groups is 1. The van der Waals surface area contributed by atoms with Crippen molar-refractivity contribution in [1.82, 2.24) is 9.55 Å². The van der Waals surface area contributed by atoms with Crippen molar-refractivity contribution in [3.05, 3.63) is 175 Å². The molecule has 0 saturated heterocycles. The minimum Gasteiger partial charge on any atom is -0.309 e. The molecule has 214 valence electrons. The third kappa shape index (κ3) is 4.70. The summed E-state index contributed by atoms with van der Waals surface area (Å²) in [6, 6.07) is 49.3. The summed E-state index contributed by atoms with van der Waals surface area (Å²) in [5.41, 5.74) is 12.6. The molecular formula is C42H31N3. The van der Waals surface area contributed by atoms with Crippen LogP contribution in [0.4, 0.5) is 0 Å². The fourth-order valence-electron chi connectivity index (χ4n) is 6.66. The average molecular weight is 578 g/mol. The number of fused-ring (bicyclic) bond motifs is 6. The molecule has 0 bridgehead atoms. The lowest BCUT2D eigenvalue weighted by atomic mass is 10.1. The van der Waals surface area contributed by atoms with Gasteiger partial charge in [-0.2, -0.15) is 0 Å². The lowest BCUT2D eigenvalue weighted by Crippen LogP contribution is -1.95. The molecule has 5 aromatic carbocycles. The molecule has 0 N–H and O–H groups in total. The molecule has 0 spiro atoms. The first-order valence-electron chi connectivity index (χ1n) is 15.4. The minimum atomic E-state index is 0.0133. The number of hydrogen-bond acceptors (Lipinski definition) is 2. The molecule has 0 fully saturated rings. The van der Waals surface area contributed by atoms with E-state index in [4.69, 9.17) is 9.98 Å². The van der Waals surface area contributed by atoms with Gasteiger partial charge in [0.15, 0.2) is 0 Å². The Hall–Kier alpha value is -5.80. The van der Waals surface area contributed by atoms with Crippen molar-refractivity contribution >= 4 is 33.6 Å². The van der Waals surface area contributed by atoms with E-state index in [0.29, 0.717) is 0 Å². The van der Waals surface area contributed by atoms with Crippen LogP contribution in [0.3, 0.4) is 0 Å². The van der Waals surface area contributed by atoms with Crippen LogP contribution in [0.1, 0.15) is 29.8 Å². The van der Waals surface area contributed by atoms with Crippen LogP contribution >= 0.6 is 0 Å². The van der Waals surface area contributed by atoms with Gasteiger partial charge in [0.25, 0.3) is 0 Å². The summed E-state index contributed by atoms with van der Waals surface area (Å²) in [5.74, 6) is 0. The Morgan fingerprint density at radius 3 is 1.98 bits per heavy atom. The summed E-state index contributed by atoms with van der Waals surface area (Å²) in [7, 11) is 0. The van der Waals surface area contributed by atoms with Crippen LogP contribution in [-0.2, 0) is 0 Å². The van der Waals surface area contributed by atoms with Gasteiger partial charge in [0, 0.05) is 28.2 Å². The smallest absolute Gasteiger partial charge is 0.101 e. The van der Waals surface area contributed by atoms with E-state index in [2.05, 4.69) is 163 Å². The summed E-state index contributed by atoms with van der Waals surface area (Å²) < 4.78 is 2.35. The molecule has 8 rings (SSSR count).